The molecule has 0 aromatic carbocycles. The number of piperidine rings is 1. The van der Waals surface area contributed by atoms with Gasteiger partial charge in [0.25, 0.3) is 5.87 Å². The summed E-state index contributed by atoms with van der Waals surface area (Å²) in [7, 11) is 0.467. The van der Waals surface area contributed by atoms with Gasteiger partial charge in [-0.15, -0.1) is 0 Å². The summed E-state index contributed by atoms with van der Waals surface area (Å²) in [5.41, 5.74) is 0. The SMILES string of the molecule is CCOC(=O)BN1CCCCC1C. The molecule has 1 aliphatic heterocycles. The predicted molar refractivity (Wildman–Crippen MR) is 54.2 cm³/mol. The minimum atomic E-state index is -0.0868. The van der Waals surface area contributed by atoms with E-state index in [1.807, 2.05) is 6.92 Å². The van der Waals surface area contributed by atoms with E-state index in [1.54, 1.807) is 0 Å². The molecule has 0 N–H and O–H groups in total. The molecule has 74 valence electrons. The first-order chi connectivity index (χ1) is 6.24. The molecule has 1 unspecified atom stereocenters. The van der Waals surface area contributed by atoms with Gasteiger partial charge in [-0.2, -0.15) is 0 Å². The van der Waals surface area contributed by atoms with Crippen molar-refractivity contribution in [3.05, 3.63) is 0 Å². The second kappa shape index (κ2) is 5.27. The fraction of sp³-hybridized carbons (Fsp3) is 0.889. The zero-order valence-corrected chi connectivity index (χ0v) is 8.58. The molecule has 1 aliphatic rings. The third kappa shape index (κ3) is 3.39. The Labute approximate surface area is 80.7 Å². The number of ether oxygens (including phenoxy) is 1. The average Bonchev–Trinajstić information content (AvgIpc) is 2.09. The lowest BCUT2D eigenvalue weighted by Crippen LogP contribution is -2.43. The monoisotopic (exact) mass is 183 g/mol. The highest BCUT2D eigenvalue weighted by Gasteiger charge is 2.22. The van der Waals surface area contributed by atoms with Crippen molar-refractivity contribution >= 4 is 13.3 Å². The largest absolute Gasteiger partial charge is 0.473 e. The second-order valence-corrected chi connectivity index (χ2v) is 3.62. The van der Waals surface area contributed by atoms with Gasteiger partial charge >= 0.3 is 7.41 Å². The summed E-state index contributed by atoms with van der Waals surface area (Å²) in [6, 6.07) is 0.540. The minimum absolute atomic E-state index is 0.0868. The van der Waals surface area contributed by atoms with Crippen molar-refractivity contribution < 1.29 is 9.53 Å². The van der Waals surface area contributed by atoms with Gasteiger partial charge in [0.2, 0.25) is 0 Å². The van der Waals surface area contributed by atoms with Crippen LogP contribution in [0.15, 0.2) is 0 Å². The number of carbonyl (C=O) groups excluding carboxylic acids is 1. The maximum atomic E-state index is 11.2. The number of carbonyl (C=O) groups is 1. The van der Waals surface area contributed by atoms with Gasteiger partial charge in [-0.05, 0) is 32.4 Å². The lowest BCUT2D eigenvalue weighted by atomic mass is 9.85. The number of rotatable bonds is 3. The van der Waals surface area contributed by atoms with Crippen molar-refractivity contribution in [2.24, 2.45) is 0 Å². The number of hydrogen-bond acceptors (Lipinski definition) is 3. The molecule has 1 rings (SSSR count). The summed E-state index contributed by atoms with van der Waals surface area (Å²) >= 11 is 0. The van der Waals surface area contributed by atoms with Crippen LogP contribution in [0, 0.1) is 0 Å². The van der Waals surface area contributed by atoms with Crippen LogP contribution in [0.25, 0.3) is 0 Å². The average molecular weight is 183 g/mol. The van der Waals surface area contributed by atoms with Crippen LogP contribution in [-0.2, 0) is 4.74 Å². The zero-order valence-electron chi connectivity index (χ0n) is 8.58. The highest BCUT2D eigenvalue weighted by atomic mass is 16.5. The second-order valence-electron chi connectivity index (χ2n) is 3.62. The Morgan fingerprint density at radius 3 is 3.00 bits per heavy atom. The molecular formula is C9H18BNO2. The van der Waals surface area contributed by atoms with Crippen molar-refractivity contribution in [2.75, 3.05) is 13.2 Å². The third-order valence-electron chi connectivity index (χ3n) is 2.58. The molecular weight excluding hydrogens is 165 g/mol. The molecule has 1 heterocycles. The van der Waals surface area contributed by atoms with E-state index in [1.165, 1.54) is 19.3 Å². The van der Waals surface area contributed by atoms with Crippen LogP contribution < -0.4 is 0 Å². The van der Waals surface area contributed by atoms with Crippen LogP contribution in [0.4, 0.5) is 4.79 Å². The van der Waals surface area contributed by atoms with Gasteiger partial charge in [-0.1, -0.05) is 13.3 Å². The molecule has 0 aliphatic carbocycles. The van der Waals surface area contributed by atoms with Crippen molar-refractivity contribution in [1.82, 2.24) is 4.81 Å². The van der Waals surface area contributed by atoms with Gasteiger partial charge in [-0.3, -0.25) is 4.79 Å². The van der Waals surface area contributed by atoms with Gasteiger partial charge in [0.15, 0.2) is 0 Å². The van der Waals surface area contributed by atoms with E-state index in [2.05, 4.69) is 11.7 Å². The van der Waals surface area contributed by atoms with Gasteiger partial charge in [0.1, 0.15) is 0 Å². The maximum absolute atomic E-state index is 11.2. The highest BCUT2D eigenvalue weighted by Crippen LogP contribution is 2.14. The van der Waals surface area contributed by atoms with E-state index >= 15 is 0 Å². The van der Waals surface area contributed by atoms with E-state index in [0.29, 0.717) is 20.1 Å². The standard InChI is InChI=1S/C9H18BNO2/c1-3-13-9(12)10-11-7-5-4-6-8(11)2/h8,10H,3-7H2,1-2H3. The van der Waals surface area contributed by atoms with Crippen LogP contribution >= 0.6 is 0 Å². The smallest absolute Gasteiger partial charge is 0.341 e. The first-order valence-electron chi connectivity index (χ1n) is 5.13. The van der Waals surface area contributed by atoms with Crippen LogP contribution in [0.3, 0.4) is 0 Å². The summed E-state index contributed by atoms with van der Waals surface area (Å²) in [6.07, 6.45) is 3.71. The summed E-state index contributed by atoms with van der Waals surface area (Å²) in [6.45, 7) is 5.55. The van der Waals surface area contributed by atoms with E-state index < -0.39 is 0 Å². The number of hydrogen-bond donors (Lipinski definition) is 0. The summed E-state index contributed by atoms with van der Waals surface area (Å²) in [4.78, 5) is 13.4. The maximum Gasteiger partial charge on any atom is 0.341 e. The molecule has 1 saturated heterocycles. The quantitative estimate of drug-likeness (QED) is 0.619. The van der Waals surface area contributed by atoms with Crippen LogP contribution in [-0.4, -0.2) is 37.3 Å². The van der Waals surface area contributed by atoms with Crippen molar-refractivity contribution in [1.29, 1.82) is 0 Å². The molecule has 0 aromatic heterocycles. The Balaban J connectivity index is 2.29. The molecule has 1 fully saturated rings. The Morgan fingerprint density at radius 2 is 2.38 bits per heavy atom. The minimum Gasteiger partial charge on any atom is -0.473 e. The zero-order chi connectivity index (χ0) is 9.68. The van der Waals surface area contributed by atoms with E-state index in [-0.39, 0.29) is 5.87 Å². The van der Waals surface area contributed by atoms with Crippen LogP contribution in [0.5, 0.6) is 0 Å². The highest BCUT2D eigenvalue weighted by molar-refractivity contribution is 6.69. The van der Waals surface area contributed by atoms with Gasteiger partial charge in [0, 0.05) is 0 Å². The summed E-state index contributed by atoms with van der Waals surface area (Å²) in [5.74, 6) is -0.0868. The fourth-order valence-electron chi connectivity index (χ4n) is 1.76. The predicted octanol–water partition coefficient (Wildman–Crippen LogP) is 1.37. The molecule has 1 atom stereocenters. The molecule has 13 heavy (non-hydrogen) atoms. The molecule has 0 aromatic rings. The van der Waals surface area contributed by atoms with Gasteiger partial charge < -0.3 is 9.55 Å². The topological polar surface area (TPSA) is 29.5 Å². The van der Waals surface area contributed by atoms with Crippen LogP contribution in [0.1, 0.15) is 33.1 Å². The first kappa shape index (κ1) is 10.6. The first-order valence-corrected chi connectivity index (χ1v) is 5.13. The number of nitrogens with zero attached hydrogens (tertiary/aromatic N) is 1. The normalized spacial score (nSPS) is 24.0. The molecule has 0 radical (unpaired) electrons. The molecule has 3 nitrogen and oxygen atoms in total. The Hall–Kier alpha value is -0.505. The molecule has 0 amide bonds. The van der Waals surface area contributed by atoms with Crippen molar-refractivity contribution in [3.63, 3.8) is 0 Å². The van der Waals surface area contributed by atoms with Gasteiger partial charge in [0.05, 0.1) is 6.61 Å². The van der Waals surface area contributed by atoms with Crippen molar-refractivity contribution in [2.45, 2.75) is 39.2 Å². The lowest BCUT2D eigenvalue weighted by Gasteiger charge is -2.32. The Bertz CT molecular complexity index is 175. The lowest BCUT2D eigenvalue weighted by molar-refractivity contribution is 0.173. The van der Waals surface area contributed by atoms with E-state index in [9.17, 15) is 4.79 Å². The van der Waals surface area contributed by atoms with Crippen LogP contribution in [0.2, 0.25) is 0 Å². The molecule has 0 saturated carbocycles. The van der Waals surface area contributed by atoms with E-state index in [0.717, 1.165) is 6.54 Å². The Kier molecular flexibility index (Phi) is 4.29. The van der Waals surface area contributed by atoms with Crippen molar-refractivity contribution in [3.8, 4) is 0 Å². The molecule has 0 bridgehead atoms. The fourth-order valence-corrected chi connectivity index (χ4v) is 1.76. The van der Waals surface area contributed by atoms with E-state index in [4.69, 9.17) is 4.74 Å². The molecule has 4 heteroatoms. The third-order valence-corrected chi connectivity index (χ3v) is 2.58. The van der Waals surface area contributed by atoms with Gasteiger partial charge in [-0.25, -0.2) is 0 Å². The summed E-state index contributed by atoms with van der Waals surface area (Å²) in [5, 5.41) is 0. The Morgan fingerprint density at radius 1 is 1.62 bits per heavy atom. The summed E-state index contributed by atoms with van der Waals surface area (Å²) < 4.78 is 4.91. The molecule has 0 spiro atoms.